The number of carbonyl (C=O) groups excluding carboxylic acids is 2. The van der Waals surface area contributed by atoms with Gasteiger partial charge in [-0.15, -0.1) is 0 Å². The lowest BCUT2D eigenvalue weighted by Crippen LogP contribution is -2.35. The Morgan fingerprint density at radius 1 is 1.08 bits per heavy atom. The lowest BCUT2D eigenvalue weighted by Gasteiger charge is -2.19. The minimum absolute atomic E-state index is 0.119. The second kappa shape index (κ2) is 9.39. The summed E-state index contributed by atoms with van der Waals surface area (Å²) in [5.74, 6) is -0.0799. The number of hydrogen-bond acceptors (Lipinski definition) is 6. The Bertz CT molecular complexity index is 710. The zero-order chi connectivity index (χ0) is 19.8. The van der Waals surface area contributed by atoms with E-state index in [4.69, 9.17) is 9.88 Å². The average molecular weight is 387 g/mol. The molecule has 2 amide bonds. The lowest BCUT2D eigenvalue weighted by molar-refractivity contribution is -0.120. The first kappa shape index (κ1) is 21.7. The predicted molar refractivity (Wildman–Crippen MR) is 95.7 cm³/mol. The van der Waals surface area contributed by atoms with Gasteiger partial charge in [0.25, 0.3) is 0 Å². The van der Waals surface area contributed by atoms with Crippen molar-refractivity contribution in [2.75, 3.05) is 13.1 Å². The van der Waals surface area contributed by atoms with Crippen LogP contribution < -0.4 is 20.0 Å². The van der Waals surface area contributed by atoms with Gasteiger partial charge < -0.3 is 19.6 Å². The van der Waals surface area contributed by atoms with E-state index in [1.165, 1.54) is 12.1 Å². The third kappa shape index (κ3) is 10.5. The van der Waals surface area contributed by atoms with Crippen molar-refractivity contribution in [1.82, 2.24) is 10.6 Å². The van der Waals surface area contributed by atoms with Gasteiger partial charge in [0.05, 0.1) is 0 Å². The summed E-state index contributed by atoms with van der Waals surface area (Å²) in [5.41, 5.74) is 0.306. The number of carbonyl (C=O) groups is 2. The van der Waals surface area contributed by atoms with Crippen molar-refractivity contribution < 1.29 is 26.9 Å². The third-order valence-corrected chi connectivity index (χ3v) is 3.32. The van der Waals surface area contributed by atoms with Crippen LogP contribution in [0.4, 0.5) is 4.79 Å². The summed E-state index contributed by atoms with van der Waals surface area (Å²) in [6.45, 7) is 5.85. The van der Waals surface area contributed by atoms with Crippen molar-refractivity contribution in [3.05, 3.63) is 29.8 Å². The summed E-state index contributed by atoms with van der Waals surface area (Å²) < 4.78 is 31.2. The fourth-order valence-electron chi connectivity index (χ4n) is 1.87. The van der Waals surface area contributed by atoms with Gasteiger partial charge in [0.2, 0.25) is 5.91 Å². The predicted octanol–water partition coefficient (Wildman–Crippen LogP) is 0.842. The highest BCUT2D eigenvalue weighted by Gasteiger charge is 2.15. The second-order valence-electron chi connectivity index (χ2n) is 6.50. The van der Waals surface area contributed by atoms with Crippen molar-refractivity contribution in [2.24, 2.45) is 5.14 Å². The van der Waals surface area contributed by atoms with Gasteiger partial charge in [-0.1, -0.05) is 12.1 Å². The Balaban J connectivity index is 2.24. The molecule has 1 aromatic carbocycles. The molecular formula is C16H25N3O6S. The molecule has 0 saturated carbocycles. The van der Waals surface area contributed by atoms with E-state index in [0.717, 1.165) is 5.56 Å². The molecule has 1 rings (SSSR count). The quantitative estimate of drug-likeness (QED) is 0.604. The molecule has 0 aromatic heterocycles. The van der Waals surface area contributed by atoms with E-state index in [-0.39, 0.29) is 24.6 Å². The van der Waals surface area contributed by atoms with Gasteiger partial charge in [-0.3, -0.25) is 4.79 Å². The Morgan fingerprint density at radius 3 is 2.23 bits per heavy atom. The van der Waals surface area contributed by atoms with Gasteiger partial charge in [0.15, 0.2) is 0 Å². The number of benzene rings is 1. The first-order valence-corrected chi connectivity index (χ1v) is 9.46. The number of hydrogen-bond donors (Lipinski definition) is 3. The van der Waals surface area contributed by atoms with Gasteiger partial charge in [0.1, 0.15) is 11.4 Å². The Labute approximate surface area is 153 Å². The monoisotopic (exact) mass is 387 g/mol. The zero-order valence-corrected chi connectivity index (χ0v) is 15.9. The van der Waals surface area contributed by atoms with Crippen molar-refractivity contribution in [2.45, 2.75) is 39.2 Å². The lowest BCUT2D eigenvalue weighted by atomic mass is 10.1. The number of rotatable bonds is 8. The van der Waals surface area contributed by atoms with Gasteiger partial charge >= 0.3 is 16.4 Å². The highest BCUT2D eigenvalue weighted by atomic mass is 32.2. The molecular weight excluding hydrogens is 362 g/mol. The summed E-state index contributed by atoms with van der Waals surface area (Å²) in [6.07, 6.45) is 0.133. The molecule has 146 valence electrons. The molecule has 4 N–H and O–H groups in total. The van der Waals surface area contributed by atoms with Crippen LogP contribution in [-0.2, 0) is 26.3 Å². The van der Waals surface area contributed by atoms with Crippen molar-refractivity contribution in [3.63, 3.8) is 0 Å². The van der Waals surface area contributed by atoms with E-state index < -0.39 is 22.0 Å². The number of nitrogens with one attached hydrogen (secondary N) is 2. The van der Waals surface area contributed by atoms with Crippen LogP contribution in [0.25, 0.3) is 0 Å². The molecule has 0 unspecified atom stereocenters. The number of nitrogens with two attached hydrogens (primary N) is 1. The maximum atomic E-state index is 11.7. The number of amides is 2. The van der Waals surface area contributed by atoms with E-state index in [1.807, 2.05) is 0 Å². The Morgan fingerprint density at radius 2 is 1.69 bits per heavy atom. The standard InChI is InChI=1S/C16H25N3O6S/c1-16(2,3)24-15(21)19-11-9-14(20)18-10-8-12-4-6-13(7-5-12)25-26(17,22)23/h4-7H,8-11H2,1-3H3,(H,18,20)(H,19,21)(H2,17,22,23). The molecule has 0 radical (unpaired) electrons. The fraction of sp³-hybridized carbons (Fsp3) is 0.500. The summed E-state index contributed by atoms with van der Waals surface area (Å²) in [6, 6.07) is 6.31. The topological polar surface area (TPSA) is 137 Å². The number of alkyl carbamates (subject to hydrolysis) is 1. The molecule has 0 aliphatic carbocycles. The zero-order valence-electron chi connectivity index (χ0n) is 15.1. The van der Waals surface area contributed by atoms with Gasteiger partial charge in [0, 0.05) is 19.5 Å². The summed E-state index contributed by atoms with van der Waals surface area (Å²) >= 11 is 0. The second-order valence-corrected chi connectivity index (χ2v) is 7.65. The van der Waals surface area contributed by atoms with Crippen LogP contribution in [0, 0.1) is 0 Å². The van der Waals surface area contributed by atoms with Crippen LogP contribution in [0.15, 0.2) is 24.3 Å². The molecule has 10 heteroatoms. The largest absolute Gasteiger partial charge is 0.444 e. The Hall–Kier alpha value is -2.33. The van der Waals surface area contributed by atoms with Gasteiger partial charge in [-0.25, -0.2) is 4.79 Å². The normalized spacial score (nSPS) is 11.5. The molecule has 0 aliphatic rings. The van der Waals surface area contributed by atoms with Crippen LogP contribution in [0.2, 0.25) is 0 Å². The minimum Gasteiger partial charge on any atom is -0.444 e. The highest BCUT2D eigenvalue weighted by Crippen LogP contribution is 2.13. The minimum atomic E-state index is -4.04. The maximum absolute atomic E-state index is 11.7. The molecule has 0 heterocycles. The summed E-state index contributed by atoms with van der Waals surface area (Å²) in [5, 5.41) is 10.0. The first-order chi connectivity index (χ1) is 11.9. The molecule has 0 bridgehead atoms. The summed E-state index contributed by atoms with van der Waals surface area (Å²) in [7, 11) is -4.04. The molecule has 0 fully saturated rings. The third-order valence-electron chi connectivity index (χ3n) is 2.89. The first-order valence-electron chi connectivity index (χ1n) is 7.99. The maximum Gasteiger partial charge on any atom is 0.407 e. The number of ether oxygens (including phenoxy) is 1. The van der Waals surface area contributed by atoms with Crippen LogP contribution in [0.5, 0.6) is 5.75 Å². The van der Waals surface area contributed by atoms with E-state index in [1.54, 1.807) is 32.9 Å². The van der Waals surface area contributed by atoms with E-state index in [9.17, 15) is 18.0 Å². The Kier molecular flexibility index (Phi) is 7.84. The molecule has 0 saturated heterocycles. The fourth-order valence-corrected chi connectivity index (χ4v) is 2.25. The smallest absolute Gasteiger partial charge is 0.407 e. The van der Waals surface area contributed by atoms with Crippen LogP contribution in [0.3, 0.4) is 0 Å². The van der Waals surface area contributed by atoms with Gasteiger partial charge in [-0.05, 0) is 44.9 Å². The summed E-state index contributed by atoms with van der Waals surface area (Å²) in [4.78, 5) is 23.1. The van der Waals surface area contributed by atoms with E-state index >= 15 is 0 Å². The average Bonchev–Trinajstić information content (AvgIpc) is 2.45. The van der Waals surface area contributed by atoms with Crippen molar-refractivity contribution in [3.8, 4) is 5.75 Å². The van der Waals surface area contributed by atoms with Crippen molar-refractivity contribution >= 4 is 22.3 Å². The molecule has 0 spiro atoms. The van der Waals surface area contributed by atoms with Crippen LogP contribution in [0.1, 0.15) is 32.8 Å². The molecule has 1 aromatic rings. The molecule has 0 atom stereocenters. The van der Waals surface area contributed by atoms with Crippen molar-refractivity contribution in [1.29, 1.82) is 0 Å². The van der Waals surface area contributed by atoms with E-state index in [0.29, 0.717) is 13.0 Å². The van der Waals surface area contributed by atoms with Crippen LogP contribution in [-0.4, -0.2) is 39.1 Å². The highest BCUT2D eigenvalue weighted by molar-refractivity contribution is 7.84. The van der Waals surface area contributed by atoms with Gasteiger partial charge in [-0.2, -0.15) is 13.6 Å². The molecule has 26 heavy (non-hydrogen) atoms. The SMILES string of the molecule is CC(C)(C)OC(=O)NCCC(=O)NCCc1ccc(OS(N)(=O)=O)cc1. The molecule has 0 aliphatic heterocycles. The van der Waals surface area contributed by atoms with E-state index in [2.05, 4.69) is 14.8 Å². The molecule has 9 nitrogen and oxygen atoms in total. The van der Waals surface area contributed by atoms with Crippen LogP contribution >= 0.6 is 0 Å².